The summed E-state index contributed by atoms with van der Waals surface area (Å²) in [6.45, 7) is 1.68. The van der Waals surface area contributed by atoms with Crippen LogP contribution in [0.2, 0.25) is 5.02 Å². The van der Waals surface area contributed by atoms with Gasteiger partial charge in [0, 0.05) is 36.9 Å². The first-order valence-electron chi connectivity index (χ1n) is 9.11. The van der Waals surface area contributed by atoms with Crippen molar-refractivity contribution in [1.82, 2.24) is 19.7 Å². The standard InChI is InChI=1S/C20H21ClN4O2/c21-17-6-4-15(5-7-17)11-18-12-22-20(27-18)16-3-1-9-24(13-16)19(26)14-25-10-2-8-23-25/h2,4-8,10,12,16H,1,3,9,11,13-14H2/t16-/m0/s1. The molecule has 0 unspecified atom stereocenters. The molecule has 1 atom stereocenters. The first-order chi connectivity index (χ1) is 13.2. The van der Waals surface area contributed by atoms with Crippen molar-refractivity contribution < 1.29 is 9.21 Å². The molecule has 7 heteroatoms. The van der Waals surface area contributed by atoms with Crippen LogP contribution in [-0.2, 0) is 17.8 Å². The fourth-order valence-corrected chi connectivity index (χ4v) is 3.56. The maximum absolute atomic E-state index is 12.5. The largest absolute Gasteiger partial charge is 0.445 e. The number of halogens is 1. The van der Waals surface area contributed by atoms with Gasteiger partial charge in [-0.3, -0.25) is 9.48 Å². The Morgan fingerprint density at radius 1 is 1.30 bits per heavy atom. The molecule has 6 nitrogen and oxygen atoms in total. The third-order valence-corrected chi connectivity index (χ3v) is 5.09. The van der Waals surface area contributed by atoms with E-state index in [1.807, 2.05) is 35.2 Å². The lowest BCUT2D eigenvalue weighted by atomic mass is 9.98. The fourth-order valence-electron chi connectivity index (χ4n) is 3.43. The Morgan fingerprint density at radius 3 is 2.93 bits per heavy atom. The van der Waals surface area contributed by atoms with Crippen molar-refractivity contribution in [2.24, 2.45) is 0 Å². The summed E-state index contributed by atoms with van der Waals surface area (Å²) in [7, 11) is 0. The summed E-state index contributed by atoms with van der Waals surface area (Å²) in [4.78, 5) is 18.9. The van der Waals surface area contributed by atoms with Crippen LogP contribution in [0.3, 0.4) is 0 Å². The first-order valence-corrected chi connectivity index (χ1v) is 9.49. The summed E-state index contributed by atoms with van der Waals surface area (Å²) in [5.74, 6) is 1.76. The second kappa shape index (κ2) is 7.96. The quantitative estimate of drug-likeness (QED) is 0.675. The van der Waals surface area contributed by atoms with E-state index in [1.165, 1.54) is 0 Å². The van der Waals surface area contributed by atoms with E-state index in [1.54, 1.807) is 23.3 Å². The van der Waals surface area contributed by atoms with Gasteiger partial charge >= 0.3 is 0 Å². The van der Waals surface area contributed by atoms with Gasteiger partial charge in [-0.25, -0.2) is 4.98 Å². The minimum Gasteiger partial charge on any atom is -0.445 e. The zero-order chi connectivity index (χ0) is 18.6. The highest BCUT2D eigenvalue weighted by Crippen LogP contribution is 2.27. The van der Waals surface area contributed by atoms with Gasteiger partial charge in [0.2, 0.25) is 5.91 Å². The number of oxazole rings is 1. The molecule has 1 aliphatic heterocycles. The molecule has 1 aliphatic rings. The smallest absolute Gasteiger partial charge is 0.244 e. The molecule has 4 rings (SSSR count). The van der Waals surface area contributed by atoms with E-state index in [-0.39, 0.29) is 18.4 Å². The summed E-state index contributed by atoms with van der Waals surface area (Å²) in [5.41, 5.74) is 1.13. The second-order valence-corrected chi connectivity index (χ2v) is 7.29. The maximum Gasteiger partial charge on any atom is 0.244 e. The summed E-state index contributed by atoms with van der Waals surface area (Å²) >= 11 is 5.93. The van der Waals surface area contributed by atoms with Crippen molar-refractivity contribution in [3.05, 3.63) is 71.2 Å². The average Bonchev–Trinajstić information content (AvgIpc) is 3.36. The molecule has 0 bridgehead atoms. The highest BCUT2D eigenvalue weighted by molar-refractivity contribution is 6.30. The van der Waals surface area contributed by atoms with Crippen LogP contribution in [0.5, 0.6) is 0 Å². The second-order valence-electron chi connectivity index (χ2n) is 6.85. The van der Waals surface area contributed by atoms with Crippen molar-refractivity contribution in [1.29, 1.82) is 0 Å². The van der Waals surface area contributed by atoms with Crippen LogP contribution in [0.1, 0.15) is 36.0 Å². The summed E-state index contributed by atoms with van der Waals surface area (Å²) in [5, 5.41) is 4.83. The Labute approximate surface area is 162 Å². The minimum atomic E-state index is 0.0799. The summed E-state index contributed by atoms with van der Waals surface area (Å²) < 4.78 is 7.65. The number of hydrogen-bond donors (Lipinski definition) is 0. The lowest BCUT2D eigenvalue weighted by molar-refractivity contribution is -0.133. The molecule has 27 heavy (non-hydrogen) atoms. The van der Waals surface area contributed by atoms with E-state index >= 15 is 0 Å². The number of benzene rings is 1. The lowest BCUT2D eigenvalue weighted by Gasteiger charge is -2.31. The zero-order valence-electron chi connectivity index (χ0n) is 14.9. The molecule has 0 radical (unpaired) electrons. The first kappa shape index (κ1) is 17.8. The number of hydrogen-bond acceptors (Lipinski definition) is 4. The van der Waals surface area contributed by atoms with Gasteiger partial charge in [-0.2, -0.15) is 5.10 Å². The van der Waals surface area contributed by atoms with E-state index in [0.717, 1.165) is 41.6 Å². The Morgan fingerprint density at radius 2 is 2.15 bits per heavy atom. The molecule has 1 saturated heterocycles. The van der Waals surface area contributed by atoms with Crippen LogP contribution in [0.25, 0.3) is 0 Å². The number of amides is 1. The van der Waals surface area contributed by atoms with Gasteiger partial charge < -0.3 is 9.32 Å². The summed E-state index contributed by atoms with van der Waals surface area (Å²) in [6, 6.07) is 9.54. The summed E-state index contributed by atoms with van der Waals surface area (Å²) in [6.07, 6.45) is 7.88. The number of carbonyl (C=O) groups excluding carboxylic acids is 1. The van der Waals surface area contributed by atoms with Gasteiger partial charge in [0.05, 0.1) is 12.1 Å². The minimum absolute atomic E-state index is 0.0799. The molecule has 140 valence electrons. The molecular weight excluding hydrogens is 364 g/mol. The lowest BCUT2D eigenvalue weighted by Crippen LogP contribution is -2.41. The molecular formula is C20H21ClN4O2. The number of nitrogens with zero attached hydrogens (tertiary/aromatic N) is 4. The van der Waals surface area contributed by atoms with E-state index in [0.29, 0.717) is 13.0 Å². The van der Waals surface area contributed by atoms with Crippen molar-refractivity contribution in [3.8, 4) is 0 Å². The van der Waals surface area contributed by atoms with Gasteiger partial charge in [-0.15, -0.1) is 0 Å². The van der Waals surface area contributed by atoms with Gasteiger partial charge in [-0.1, -0.05) is 23.7 Å². The molecule has 3 heterocycles. The monoisotopic (exact) mass is 384 g/mol. The maximum atomic E-state index is 12.5. The number of likely N-dealkylation sites (tertiary alicyclic amines) is 1. The molecule has 0 N–H and O–H groups in total. The topological polar surface area (TPSA) is 64.2 Å². The predicted octanol–water partition coefficient (Wildman–Crippen LogP) is 3.52. The van der Waals surface area contributed by atoms with Gasteiger partial charge in [-0.05, 0) is 36.6 Å². The normalized spacial score (nSPS) is 17.2. The molecule has 1 amide bonds. The molecule has 1 fully saturated rings. The Kier molecular flexibility index (Phi) is 5.25. The van der Waals surface area contributed by atoms with Crippen molar-refractivity contribution in [3.63, 3.8) is 0 Å². The Hall–Kier alpha value is -2.60. The highest BCUT2D eigenvalue weighted by Gasteiger charge is 2.28. The number of piperidine rings is 1. The zero-order valence-corrected chi connectivity index (χ0v) is 15.7. The van der Waals surface area contributed by atoms with E-state index in [2.05, 4.69) is 10.1 Å². The number of rotatable bonds is 5. The highest BCUT2D eigenvalue weighted by atomic mass is 35.5. The molecule has 1 aromatic carbocycles. The van der Waals surface area contributed by atoms with Crippen LogP contribution < -0.4 is 0 Å². The van der Waals surface area contributed by atoms with Crippen molar-refractivity contribution in [2.45, 2.75) is 31.7 Å². The fraction of sp³-hybridized carbons (Fsp3) is 0.350. The number of carbonyl (C=O) groups is 1. The Balaban J connectivity index is 1.39. The molecule has 0 spiro atoms. The third kappa shape index (κ3) is 4.39. The van der Waals surface area contributed by atoms with Crippen LogP contribution in [0.15, 0.2) is 53.3 Å². The van der Waals surface area contributed by atoms with Crippen LogP contribution in [-0.4, -0.2) is 38.7 Å². The SMILES string of the molecule is O=C(Cn1cccn1)N1CCC[C@H](c2ncc(Cc3ccc(Cl)cc3)o2)C1. The van der Waals surface area contributed by atoms with E-state index < -0.39 is 0 Å². The van der Waals surface area contributed by atoms with Crippen molar-refractivity contribution in [2.75, 3.05) is 13.1 Å². The molecule has 0 aliphatic carbocycles. The van der Waals surface area contributed by atoms with E-state index in [4.69, 9.17) is 16.0 Å². The predicted molar refractivity (Wildman–Crippen MR) is 102 cm³/mol. The van der Waals surface area contributed by atoms with Gasteiger partial charge in [0.1, 0.15) is 12.3 Å². The van der Waals surface area contributed by atoms with E-state index in [9.17, 15) is 4.79 Å². The van der Waals surface area contributed by atoms with Crippen LogP contribution >= 0.6 is 11.6 Å². The molecule has 0 saturated carbocycles. The molecule has 2 aromatic heterocycles. The van der Waals surface area contributed by atoms with Crippen LogP contribution in [0.4, 0.5) is 0 Å². The van der Waals surface area contributed by atoms with Gasteiger partial charge in [0.15, 0.2) is 5.89 Å². The third-order valence-electron chi connectivity index (χ3n) is 4.84. The van der Waals surface area contributed by atoms with Crippen molar-refractivity contribution >= 4 is 17.5 Å². The van der Waals surface area contributed by atoms with Crippen LogP contribution in [0, 0.1) is 0 Å². The average molecular weight is 385 g/mol. The molecule has 3 aromatic rings. The Bertz CT molecular complexity index is 889. The van der Waals surface area contributed by atoms with Gasteiger partial charge in [0.25, 0.3) is 0 Å². The number of aromatic nitrogens is 3.